The maximum Gasteiger partial charge on any atom is 0.177 e. The van der Waals surface area contributed by atoms with E-state index in [4.69, 9.17) is 0 Å². The average molecular weight is 163 g/mol. The minimum Gasteiger partial charge on any atom is -0.785 e. The van der Waals surface area contributed by atoms with E-state index >= 15 is 0 Å². The van der Waals surface area contributed by atoms with Crippen LogP contribution in [0.2, 0.25) is 0 Å². The van der Waals surface area contributed by atoms with Crippen LogP contribution in [0.4, 0.5) is 0 Å². The predicted molar refractivity (Wildman–Crippen MR) is 42.3 cm³/mol. The molecule has 1 aliphatic heterocycles. The molecule has 0 aromatic carbocycles. The van der Waals surface area contributed by atoms with Gasteiger partial charge in [-0.3, -0.25) is 9.78 Å². The largest absolute Gasteiger partial charge is 0.785 e. The molecule has 1 aromatic rings. The van der Waals surface area contributed by atoms with Crippen LogP contribution in [0, 0.1) is 5.21 Å². The zero-order chi connectivity index (χ0) is 8.55. The summed E-state index contributed by atoms with van der Waals surface area (Å²) in [5, 5.41) is 11.7. The summed E-state index contributed by atoms with van der Waals surface area (Å²) in [6.07, 6.45) is 3.11. The van der Waals surface area contributed by atoms with Gasteiger partial charge in [-0.25, -0.2) is 0 Å². The van der Waals surface area contributed by atoms with E-state index in [-0.39, 0.29) is 12.3 Å². The first-order valence-corrected chi connectivity index (χ1v) is 3.65. The smallest absolute Gasteiger partial charge is 0.177 e. The molecule has 4 nitrogen and oxygen atoms in total. The molecule has 2 rings (SSSR count). The van der Waals surface area contributed by atoms with Crippen LogP contribution in [-0.2, 0) is 6.54 Å². The molecule has 12 heavy (non-hydrogen) atoms. The van der Waals surface area contributed by atoms with Crippen molar-refractivity contribution in [3.63, 3.8) is 0 Å². The Morgan fingerprint density at radius 1 is 1.50 bits per heavy atom. The molecule has 62 valence electrons. The van der Waals surface area contributed by atoms with Gasteiger partial charge in [0.1, 0.15) is 0 Å². The minimum absolute atomic E-state index is 0.0430. The summed E-state index contributed by atoms with van der Waals surface area (Å²) >= 11 is 0. The molecule has 0 aliphatic carbocycles. The van der Waals surface area contributed by atoms with Crippen molar-refractivity contribution in [1.82, 2.24) is 10.0 Å². The number of Topliss-reactive ketones (excluding diaryl/α,β-unsaturated/α-hetero) is 1. The van der Waals surface area contributed by atoms with Gasteiger partial charge in [0.25, 0.3) is 0 Å². The molecule has 0 saturated carbocycles. The van der Waals surface area contributed by atoms with Gasteiger partial charge in [-0.2, -0.15) is 0 Å². The maximum absolute atomic E-state index is 11.2. The van der Waals surface area contributed by atoms with E-state index in [0.29, 0.717) is 12.1 Å². The second kappa shape index (κ2) is 2.66. The Balaban J connectivity index is 2.47. The van der Waals surface area contributed by atoms with Gasteiger partial charge >= 0.3 is 0 Å². The standard InChI is InChI=1S/C8H7N2O2/c11-8-5-10(12)4-6-1-2-9-3-7(6)8/h1-3H,4-5H2/q-1. The zero-order valence-electron chi connectivity index (χ0n) is 6.36. The fourth-order valence-corrected chi connectivity index (χ4v) is 1.30. The van der Waals surface area contributed by atoms with Gasteiger partial charge < -0.3 is 10.3 Å². The topological polar surface area (TPSA) is 56.3 Å². The summed E-state index contributed by atoms with van der Waals surface area (Å²) in [6.45, 7) is 0.252. The molecular formula is C8H7N2O2-. The highest BCUT2D eigenvalue weighted by atomic mass is 16.5. The van der Waals surface area contributed by atoms with Crippen LogP contribution < -0.4 is 0 Å². The van der Waals surface area contributed by atoms with Crippen molar-refractivity contribution in [2.45, 2.75) is 6.54 Å². The Kier molecular flexibility index (Phi) is 1.64. The van der Waals surface area contributed by atoms with Crippen LogP contribution in [-0.4, -0.2) is 22.4 Å². The van der Waals surface area contributed by atoms with Gasteiger partial charge in [0.15, 0.2) is 5.78 Å². The average Bonchev–Trinajstić information content (AvgIpc) is 2.04. The highest BCUT2D eigenvalue weighted by Crippen LogP contribution is 2.15. The predicted octanol–water partition coefficient (Wildman–Crippen LogP) is 0.578. The van der Waals surface area contributed by atoms with Gasteiger partial charge in [0.2, 0.25) is 0 Å². The lowest BCUT2D eigenvalue weighted by Crippen LogP contribution is -2.30. The molecule has 1 aliphatic rings. The van der Waals surface area contributed by atoms with Gasteiger partial charge in [-0.15, -0.1) is 0 Å². The molecule has 2 heterocycles. The molecule has 0 radical (unpaired) electrons. The monoisotopic (exact) mass is 163 g/mol. The third kappa shape index (κ3) is 1.11. The van der Waals surface area contributed by atoms with Crippen LogP contribution in [0.1, 0.15) is 15.9 Å². The van der Waals surface area contributed by atoms with E-state index in [2.05, 4.69) is 4.98 Å². The highest BCUT2D eigenvalue weighted by molar-refractivity contribution is 5.99. The maximum atomic E-state index is 11.2. The van der Waals surface area contributed by atoms with E-state index in [0.717, 1.165) is 10.6 Å². The molecule has 0 fully saturated rings. The van der Waals surface area contributed by atoms with Crippen molar-refractivity contribution in [3.05, 3.63) is 34.8 Å². The second-order valence-corrected chi connectivity index (χ2v) is 2.75. The quantitative estimate of drug-likeness (QED) is 0.561. The van der Waals surface area contributed by atoms with Gasteiger partial charge in [0, 0.05) is 24.5 Å². The molecule has 0 saturated heterocycles. The normalized spacial score (nSPS) is 17.6. The van der Waals surface area contributed by atoms with Crippen LogP contribution in [0.3, 0.4) is 0 Å². The van der Waals surface area contributed by atoms with Crippen LogP contribution in [0.15, 0.2) is 18.5 Å². The third-order valence-electron chi connectivity index (χ3n) is 1.88. The number of aromatic nitrogens is 1. The molecule has 0 atom stereocenters. The number of hydrogen-bond donors (Lipinski definition) is 0. The van der Waals surface area contributed by atoms with Crippen molar-refractivity contribution < 1.29 is 4.79 Å². The minimum atomic E-state index is -0.139. The Labute approximate surface area is 69.4 Å². The Bertz CT molecular complexity index is 325. The van der Waals surface area contributed by atoms with Crippen molar-refractivity contribution in [2.75, 3.05) is 6.54 Å². The van der Waals surface area contributed by atoms with Crippen molar-refractivity contribution in [2.24, 2.45) is 0 Å². The molecule has 0 N–H and O–H groups in total. The number of nitrogens with zero attached hydrogens (tertiary/aromatic N) is 2. The van der Waals surface area contributed by atoms with Gasteiger partial charge in [-0.1, -0.05) is 0 Å². The molecule has 0 unspecified atom stereocenters. The SMILES string of the molecule is O=C1CN([O-])Cc2ccncc21. The fraction of sp³-hybridized carbons (Fsp3) is 0.250. The molecule has 0 amide bonds. The lowest BCUT2D eigenvalue weighted by molar-refractivity contribution is 0.0935. The van der Waals surface area contributed by atoms with Crippen molar-refractivity contribution >= 4 is 5.78 Å². The first-order chi connectivity index (χ1) is 5.77. The van der Waals surface area contributed by atoms with Gasteiger partial charge in [-0.05, 0) is 11.6 Å². The zero-order valence-corrected chi connectivity index (χ0v) is 6.36. The third-order valence-corrected chi connectivity index (χ3v) is 1.88. The summed E-state index contributed by atoms with van der Waals surface area (Å²) in [5.41, 5.74) is 1.36. The van der Waals surface area contributed by atoms with Gasteiger partial charge in [0.05, 0.1) is 6.54 Å². The molecule has 4 heteroatoms. The Hall–Kier alpha value is -1.26. The summed E-state index contributed by atoms with van der Waals surface area (Å²) in [6, 6.07) is 1.71. The van der Waals surface area contributed by atoms with Crippen LogP contribution in [0.25, 0.3) is 0 Å². The summed E-state index contributed by atoms with van der Waals surface area (Å²) < 4.78 is 0. The first kappa shape index (κ1) is 7.39. The van der Waals surface area contributed by atoms with Crippen molar-refractivity contribution in [1.29, 1.82) is 0 Å². The highest BCUT2D eigenvalue weighted by Gasteiger charge is 2.17. The van der Waals surface area contributed by atoms with E-state index in [1.807, 2.05) is 0 Å². The first-order valence-electron chi connectivity index (χ1n) is 3.65. The number of hydroxylamine groups is 2. The fourth-order valence-electron chi connectivity index (χ4n) is 1.30. The number of rotatable bonds is 0. The van der Waals surface area contributed by atoms with Crippen molar-refractivity contribution in [3.8, 4) is 0 Å². The number of pyridine rings is 1. The van der Waals surface area contributed by atoms with E-state index in [9.17, 15) is 10.0 Å². The molecular weight excluding hydrogens is 156 g/mol. The lowest BCUT2D eigenvalue weighted by Gasteiger charge is -2.32. The number of carbonyl (C=O) groups excluding carboxylic acids is 1. The molecule has 1 aromatic heterocycles. The summed E-state index contributed by atoms with van der Waals surface area (Å²) in [5.74, 6) is -0.139. The number of hydrogen-bond acceptors (Lipinski definition) is 4. The van der Waals surface area contributed by atoms with E-state index in [1.54, 1.807) is 12.3 Å². The number of ketones is 1. The summed E-state index contributed by atoms with van der Waals surface area (Å²) in [7, 11) is 0. The second-order valence-electron chi connectivity index (χ2n) is 2.75. The van der Waals surface area contributed by atoms with E-state index in [1.165, 1.54) is 6.20 Å². The Morgan fingerprint density at radius 2 is 2.33 bits per heavy atom. The van der Waals surface area contributed by atoms with E-state index < -0.39 is 0 Å². The number of carbonyl (C=O) groups is 1. The lowest BCUT2D eigenvalue weighted by atomic mass is 10.0. The molecule has 0 spiro atoms. The molecule has 0 bridgehead atoms. The number of fused-ring (bicyclic) bond motifs is 1. The van der Waals surface area contributed by atoms with Crippen LogP contribution in [0.5, 0.6) is 0 Å². The van der Waals surface area contributed by atoms with Crippen LogP contribution >= 0.6 is 0 Å². The summed E-state index contributed by atoms with van der Waals surface area (Å²) in [4.78, 5) is 15.0. The Morgan fingerprint density at radius 3 is 3.17 bits per heavy atom.